The van der Waals surface area contributed by atoms with Gasteiger partial charge in [-0.3, -0.25) is 9.59 Å². The molecule has 1 aliphatic rings. The number of aliphatic imine (C=N–C) groups is 1. The summed E-state index contributed by atoms with van der Waals surface area (Å²) in [6, 6.07) is 7.45. The second-order valence-corrected chi connectivity index (χ2v) is 6.64. The Morgan fingerprint density at radius 2 is 1.71 bits per heavy atom. The smallest absolute Gasteiger partial charge is 0.846 e. The Bertz CT molecular complexity index is 709. The molecule has 2 atom stereocenters. The summed E-state index contributed by atoms with van der Waals surface area (Å²) in [6.45, 7) is 11.3. The Kier molecular flexibility index (Phi) is 17.1. The number of hydrogen-bond acceptors (Lipinski definition) is 5. The van der Waals surface area contributed by atoms with Gasteiger partial charge in [0, 0.05) is 13.2 Å². The molecule has 1 aliphatic heterocycles. The van der Waals surface area contributed by atoms with E-state index >= 15 is 0 Å². The molecule has 2 N–H and O–H groups in total. The zero-order valence-corrected chi connectivity index (χ0v) is 21.4. The number of rotatable bonds is 7. The molecule has 8 nitrogen and oxygen atoms in total. The van der Waals surface area contributed by atoms with Gasteiger partial charge in [-0.05, 0) is 44.7 Å². The van der Waals surface area contributed by atoms with Crippen molar-refractivity contribution in [2.75, 3.05) is 13.2 Å². The second kappa shape index (κ2) is 16.9. The van der Waals surface area contributed by atoms with Crippen LogP contribution in [-0.2, 0) is 14.3 Å². The van der Waals surface area contributed by atoms with Crippen LogP contribution in [0, 0.1) is 11.3 Å². The molecule has 0 saturated heterocycles. The quantitative estimate of drug-likeness (QED) is 0.436. The number of carboxylic acids is 1. The molecule has 2 rings (SSSR count). The Morgan fingerprint density at radius 1 is 1.16 bits per heavy atom. The first-order valence-corrected chi connectivity index (χ1v) is 10.2. The molecule has 0 saturated carbocycles. The first-order valence-electron chi connectivity index (χ1n) is 10.2. The first-order chi connectivity index (χ1) is 14.2. The van der Waals surface area contributed by atoms with Crippen LogP contribution in [0.3, 0.4) is 0 Å². The maximum Gasteiger partial charge on any atom is 1.00 e. The van der Waals surface area contributed by atoms with Crippen LogP contribution in [0.2, 0.25) is 0 Å². The van der Waals surface area contributed by atoms with Gasteiger partial charge in [-0.25, -0.2) is 9.79 Å². The molecule has 168 valence electrons. The second-order valence-electron chi connectivity index (χ2n) is 6.64. The van der Waals surface area contributed by atoms with Crippen LogP contribution in [0.1, 0.15) is 64.2 Å². The predicted octanol–water partition coefficient (Wildman–Crippen LogP) is -0.377. The molecule has 31 heavy (non-hydrogen) atoms. The molecule has 0 aromatic heterocycles. The summed E-state index contributed by atoms with van der Waals surface area (Å²) in [5.41, 5.74) is -0.818. The molecule has 0 aliphatic carbocycles. The molecule has 2 unspecified atom stereocenters. The number of nitrogens with one attached hydrogen (secondary N) is 1. The van der Waals surface area contributed by atoms with E-state index in [4.69, 9.17) is 9.84 Å². The van der Waals surface area contributed by atoms with Crippen LogP contribution >= 0.6 is 0 Å². The van der Waals surface area contributed by atoms with Crippen molar-refractivity contribution < 1.29 is 58.9 Å². The van der Waals surface area contributed by atoms with E-state index in [1.165, 1.54) is 0 Å². The summed E-state index contributed by atoms with van der Waals surface area (Å²) in [7, 11) is 0. The van der Waals surface area contributed by atoms with Gasteiger partial charge in [0.2, 0.25) is 5.91 Å². The van der Waals surface area contributed by atoms with Crippen molar-refractivity contribution in [2.45, 2.75) is 53.9 Å². The molecule has 1 aromatic rings. The SMILES string of the molecule is CCCC(C)C1(CC)C(=O)N=C([O-])NC1=O.CCOCC.O=C(O)c1ccccc1.[Na+]. The van der Waals surface area contributed by atoms with Gasteiger partial charge in [-0.1, -0.05) is 45.4 Å². The summed E-state index contributed by atoms with van der Waals surface area (Å²) in [5.74, 6) is -2.08. The van der Waals surface area contributed by atoms with Crippen LogP contribution in [-0.4, -0.2) is 42.1 Å². The van der Waals surface area contributed by atoms with Gasteiger partial charge in [0.1, 0.15) is 5.41 Å². The Balaban J connectivity index is 0. The largest absolute Gasteiger partial charge is 1.00 e. The molecule has 1 aromatic carbocycles. The third kappa shape index (κ3) is 9.95. The normalized spacial score (nSPS) is 18.0. The molecule has 9 heteroatoms. The number of aromatic carboxylic acids is 1. The van der Waals surface area contributed by atoms with E-state index in [1.807, 2.05) is 27.7 Å². The molecule has 1 heterocycles. The maximum absolute atomic E-state index is 11.9. The fourth-order valence-corrected chi connectivity index (χ4v) is 3.08. The number of carbonyl (C=O) groups is 3. The number of ether oxygens (including phenoxy) is 1. The first kappa shape index (κ1) is 31.4. The van der Waals surface area contributed by atoms with Gasteiger partial charge in [0.15, 0.2) is 0 Å². The molecule has 2 amide bonds. The van der Waals surface area contributed by atoms with Crippen LogP contribution in [0.5, 0.6) is 0 Å². The van der Waals surface area contributed by atoms with Crippen LogP contribution < -0.4 is 40.0 Å². The molecule has 0 fully saturated rings. The Labute approximate surface area is 206 Å². The van der Waals surface area contributed by atoms with Crippen LogP contribution in [0.25, 0.3) is 0 Å². The monoisotopic (exact) mass is 444 g/mol. The van der Waals surface area contributed by atoms with Gasteiger partial charge >= 0.3 is 35.5 Å². The molecular weight excluding hydrogens is 411 g/mol. The summed E-state index contributed by atoms with van der Waals surface area (Å²) in [5, 5.41) is 21.5. The van der Waals surface area contributed by atoms with Crippen molar-refractivity contribution in [1.82, 2.24) is 5.32 Å². The van der Waals surface area contributed by atoms with E-state index < -0.39 is 29.2 Å². The number of carbonyl (C=O) groups excluding carboxylic acids is 2. The third-order valence-electron chi connectivity index (χ3n) is 4.76. The summed E-state index contributed by atoms with van der Waals surface area (Å²) < 4.78 is 4.83. The summed E-state index contributed by atoms with van der Waals surface area (Å²) in [6.07, 6.45) is 2.02. The third-order valence-corrected chi connectivity index (χ3v) is 4.76. The summed E-state index contributed by atoms with van der Waals surface area (Å²) in [4.78, 5) is 37.3. The van der Waals surface area contributed by atoms with Gasteiger partial charge in [-0.15, -0.1) is 0 Å². The van der Waals surface area contributed by atoms with Gasteiger partial charge in [-0.2, -0.15) is 0 Å². The Hall–Kier alpha value is -1.74. The minimum atomic E-state index is -1.15. The fourth-order valence-electron chi connectivity index (χ4n) is 3.08. The number of amides is 2. The van der Waals surface area contributed by atoms with Gasteiger partial charge in [0.25, 0.3) is 5.91 Å². The van der Waals surface area contributed by atoms with E-state index in [2.05, 4.69) is 10.3 Å². The molecule has 0 spiro atoms. The van der Waals surface area contributed by atoms with E-state index in [9.17, 15) is 19.5 Å². The van der Waals surface area contributed by atoms with Crippen molar-refractivity contribution in [3.63, 3.8) is 0 Å². The topological polar surface area (TPSA) is 128 Å². The standard InChI is InChI=1S/C11H18N2O3.C7H6O2.C4H10O.Na/c1-4-6-7(3)11(5-2)8(14)12-10(16)13-9(11)15;8-7(9)6-4-2-1-3-5-6;1-3-5-4-2;/h7H,4-6H2,1-3H3,(H2,12,13,14,15,16);1-5H,(H,8,9);3-4H2,1-2H3;/q;;;+1/p-1. The van der Waals surface area contributed by atoms with E-state index in [0.29, 0.717) is 12.0 Å². The predicted molar refractivity (Wildman–Crippen MR) is 113 cm³/mol. The molecule has 0 bridgehead atoms. The fraction of sp³-hybridized carbons (Fsp3) is 0.545. The van der Waals surface area contributed by atoms with Gasteiger partial charge < -0.3 is 20.3 Å². The van der Waals surface area contributed by atoms with Crippen molar-refractivity contribution in [2.24, 2.45) is 16.3 Å². The Morgan fingerprint density at radius 3 is 2.03 bits per heavy atom. The van der Waals surface area contributed by atoms with Crippen LogP contribution in [0.4, 0.5) is 0 Å². The van der Waals surface area contributed by atoms with E-state index in [1.54, 1.807) is 37.3 Å². The van der Waals surface area contributed by atoms with Crippen LogP contribution in [0.15, 0.2) is 35.3 Å². The maximum atomic E-state index is 11.9. The van der Waals surface area contributed by atoms with Crippen molar-refractivity contribution in [1.29, 1.82) is 0 Å². The zero-order chi connectivity index (χ0) is 23.2. The number of amidine groups is 1. The minimum Gasteiger partial charge on any atom is -0.846 e. The zero-order valence-electron chi connectivity index (χ0n) is 19.4. The minimum absolute atomic E-state index is 0. The number of nitrogens with zero attached hydrogens (tertiary/aromatic N) is 1. The van der Waals surface area contributed by atoms with Crippen molar-refractivity contribution in [3.8, 4) is 0 Å². The number of carboxylic acid groups (broad SMARTS) is 1. The van der Waals surface area contributed by atoms with E-state index in [-0.39, 0.29) is 35.5 Å². The molecule has 0 radical (unpaired) electrons. The average Bonchev–Trinajstić information content (AvgIpc) is 2.70. The van der Waals surface area contributed by atoms with Crippen molar-refractivity contribution >= 4 is 23.8 Å². The molecular formula is C22H33N2NaO6. The van der Waals surface area contributed by atoms with Gasteiger partial charge in [0.05, 0.1) is 11.6 Å². The average molecular weight is 445 g/mol. The van der Waals surface area contributed by atoms with Crippen molar-refractivity contribution in [3.05, 3.63) is 35.9 Å². The number of benzene rings is 1. The van der Waals surface area contributed by atoms with E-state index in [0.717, 1.165) is 26.1 Å². The number of hydrogen-bond donors (Lipinski definition) is 2. The summed E-state index contributed by atoms with van der Waals surface area (Å²) >= 11 is 0.